The summed E-state index contributed by atoms with van der Waals surface area (Å²) < 4.78 is 5.60. The zero-order valence-corrected chi connectivity index (χ0v) is 13.2. The maximum absolute atomic E-state index is 6.24. The van der Waals surface area contributed by atoms with Gasteiger partial charge in [0.05, 0.1) is 7.11 Å². The maximum Gasteiger partial charge on any atom is 0.122 e. The molecule has 110 valence electrons. The van der Waals surface area contributed by atoms with Crippen LogP contribution in [-0.4, -0.2) is 20.2 Å². The first-order valence-electron chi connectivity index (χ1n) is 7.68. The Morgan fingerprint density at radius 1 is 1.30 bits per heavy atom. The molecule has 0 aliphatic heterocycles. The van der Waals surface area contributed by atoms with Crippen LogP contribution in [-0.2, 0) is 5.41 Å². The van der Waals surface area contributed by atoms with Gasteiger partial charge in [0.15, 0.2) is 0 Å². The van der Waals surface area contributed by atoms with Crippen LogP contribution < -0.4 is 10.1 Å². The molecule has 0 bridgehead atoms. The number of rotatable bonds is 5. The molecule has 2 aliphatic rings. The van der Waals surface area contributed by atoms with Crippen LogP contribution in [0, 0.1) is 5.41 Å². The van der Waals surface area contributed by atoms with Crippen molar-refractivity contribution in [2.45, 2.75) is 44.4 Å². The predicted molar refractivity (Wildman–Crippen MR) is 83.7 cm³/mol. The smallest absolute Gasteiger partial charge is 0.122 e. The second-order valence-electron chi connectivity index (χ2n) is 6.61. The Labute approximate surface area is 126 Å². The molecule has 1 spiro atoms. The molecule has 1 N–H and O–H groups in total. The Morgan fingerprint density at radius 2 is 2.05 bits per heavy atom. The van der Waals surface area contributed by atoms with E-state index in [2.05, 4.69) is 18.3 Å². The van der Waals surface area contributed by atoms with Crippen LogP contribution in [0.4, 0.5) is 0 Å². The van der Waals surface area contributed by atoms with Crippen LogP contribution in [0.2, 0.25) is 5.02 Å². The van der Waals surface area contributed by atoms with Gasteiger partial charge in [-0.05, 0) is 55.8 Å². The first-order valence-corrected chi connectivity index (χ1v) is 8.06. The maximum atomic E-state index is 6.24. The third kappa shape index (κ3) is 2.23. The van der Waals surface area contributed by atoms with Crippen molar-refractivity contribution in [3.05, 3.63) is 28.8 Å². The molecule has 3 rings (SSSR count). The van der Waals surface area contributed by atoms with Gasteiger partial charge in [0.1, 0.15) is 5.75 Å². The standard InChI is InChI=1S/C17H24ClNO/c1-3-19-12-17(10-16(11-17)7-4-8-16)14-9-13(18)5-6-15(14)20-2/h5-6,9,19H,3-4,7-8,10-12H2,1-2H3. The van der Waals surface area contributed by atoms with Gasteiger partial charge in [-0.15, -0.1) is 0 Å². The zero-order chi connectivity index (χ0) is 14.2. The summed E-state index contributed by atoms with van der Waals surface area (Å²) in [4.78, 5) is 0. The largest absolute Gasteiger partial charge is 0.496 e. The first kappa shape index (κ1) is 14.2. The summed E-state index contributed by atoms with van der Waals surface area (Å²) >= 11 is 6.24. The summed E-state index contributed by atoms with van der Waals surface area (Å²) in [7, 11) is 1.76. The lowest BCUT2D eigenvalue weighted by molar-refractivity contribution is -0.0488. The third-order valence-electron chi connectivity index (χ3n) is 5.29. The number of nitrogens with one attached hydrogen (secondary N) is 1. The minimum absolute atomic E-state index is 0.215. The Balaban J connectivity index is 1.91. The van der Waals surface area contributed by atoms with E-state index in [1.54, 1.807) is 7.11 Å². The molecule has 0 amide bonds. The van der Waals surface area contributed by atoms with Gasteiger partial charge < -0.3 is 10.1 Å². The lowest BCUT2D eigenvalue weighted by Gasteiger charge is -2.62. The molecule has 0 unspecified atom stereocenters. The summed E-state index contributed by atoms with van der Waals surface area (Å²) in [6.45, 7) is 4.21. The fourth-order valence-corrected chi connectivity index (χ4v) is 4.46. The molecule has 1 aromatic rings. The van der Waals surface area contributed by atoms with Crippen molar-refractivity contribution in [2.75, 3.05) is 20.2 Å². The molecule has 20 heavy (non-hydrogen) atoms. The van der Waals surface area contributed by atoms with Crippen LogP contribution in [0.25, 0.3) is 0 Å². The highest BCUT2D eigenvalue weighted by molar-refractivity contribution is 6.30. The molecule has 0 aromatic heterocycles. The van der Waals surface area contributed by atoms with E-state index in [9.17, 15) is 0 Å². The molecular weight excluding hydrogens is 270 g/mol. The summed E-state index contributed by atoms with van der Waals surface area (Å²) in [5, 5.41) is 4.36. The van der Waals surface area contributed by atoms with Crippen LogP contribution in [0.5, 0.6) is 5.75 Å². The molecule has 2 saturated carbocycles. The Bertz CT molecular complexity index is 488. The number of ether oxygens (including phenoxy) is 1. The molecule has 0 radical (unpaired) electrons. The Hall–Kier alpha value is -0.730. The third-order valence-corrected chi connectivity index (χ3v) is 5.52. The average molecular weight is 294 g/mol. The fourth-order valence-electron chi connectivity index (χ4n) is 4.28. The predicted octanol–water partition coefficient (Wildman–Crippen LogP) is 4.16. The highest BCUT2D eigenvalue weighted by Gasteiger charge is 2.58. The fraction of sp³-hybridized carbons (Fsp3) is 0.647. The second-order valence-corrected chi connectivity index (χ2v) is 7.05. The lowest BCUT2D eigenvalue weighted by atomic mass is 9.43. The van der Waals surface area contributed by atoms with E-state index in [4.69, 9.17) is 16.3 Å². The molecule has 0 atom stereocenters. The number of hydrogen-bond donors (Lipinski definition) is 1. The molecule has 2 fully saturated rings. The van der Waals surface area contributed by atoms with Crippen molar-refractivity contribution >= 4 is 11.6 Å². The zero-order valence-electron chi connectivity index (χ0n) is 12.5. The first-order chi connectivity index (χ1) is 9.63. The van der Waals surface area contributed by atoms with E-state index in [1.165, 1.54) is 37.7 Å². The number of likely N-dealkylation sites (N-methyl/N-ethyl adjacent to an activating group) is 1. The molecule has 0 saturated heterocycles. The van der Waals surface area contributed by atoms with Crippen molar-refractivity contribution in [3.63, 3.8) is 0 Å². The van der Waals surface area contributed by atoms with Crippen LogP contribution in [0.3, 0.4) is 0 Å². The number of methoxy groups -OCH3 is 1. The molecule has 3 heteroatoms. The van der Waals surface area contributed by atoms with Gasteiger partial charge in [-0.1, -0.05) is 24.9 Å². The number of hydrogen-bond acceptors (Lipinski definition) is 2. The van der Waals surface area contributed by atoms with E-state index in [0.29, 0.717) is 5.41 Å². The van der Waals surface area contributed by atoms with Gasteiger partial charge in [0.2, 0.25) is 0 Å². The van der Waals surface area contributed by atoms with Crippen LogP contribution in [0.1, 0.15) is 44.6 Å². The van der Waals surface area contributed by atoms with Gasteiger partial charge >= 0.3 is 0 Å². The number of halogens is 1. The summed E-state index contributed by atoms with van der Waals surface area (Å²) in [6.07, 6.45) is 6.78. The Kier molecular flexibility index (Phi) is 3.72. The monoisotopic (exact) mass is 293 g/mol. The van der Waals surface area contributed by atoms with E-state index < -0.39 is 0 Å². The van der Waals surface area contributed by atoms with Crippen LogP contribution >= 0.6 is 11.6 Å². The average Bonchev–Trinajstić information content (AvgIpc) is 2.36. The number of benzene rings is 1. The molecule has 2 nitrogen and oxygen atoms in total. The van der Waals surface area contributed by atoms with Gasteiger partial charge in [-0.2, -0.15) is 0 Å². The SMILES string of the molecule is CCNCC1(c2cc(Cl)ccc2OC)CC2(CCC2)C1. The van der Waals surface area contributed by atoms with Gasteiger partial charge in [0.25, 0.3) is 0 Å². The summed E-state index contributed by atoms with van der Waals surface area (Å²) in [5.74, 6) is 0.987. The van der Waals surface area contributed by atoms with Gasteiger partial charge in [-0.3, -0.25) is 0 Å². The highest BCUT2D eigenvalue weighted by Crippen LogP contribution is 2.65. The molecule has 0 heterocycles. The van der Waals surface area contributed by atoms with Crippen molar-refractivity contribution in [2.24, 2.45) is 5.41 Å². The molecular formula is C17H24ClNO. The summed E-state index contributed by atoms with van der Waals surface area (Å²) in [5.41, 5.74) is 2.14. The van der Waals surface area contributed by atoms with E-state index >= 15 is 0 Å². The van der Waals surface area contributed by atoms with Crippen molar-refractivity contribution < 1.29 is 4.74 Å². The van der Waals surface area contributed by atoms with Gasteiger partial charge in [0, 0.05) is 22.5 Å². The second kappa shape index (κ2) is 5.23. The van der Waals surface area contributed by atoms with Crippen molar-refractivity contribution in [1.82, 2.24) is 5.32 Å². The Morgan fingerprint density at radius 3 is 2.60 bits per heavy atom. The quantitative estimate of drug-likeness (QED) is 0.880. The minimum atomic E-state index is 0.215. The van der Waals surface area contributed by atoms with Crippen molar-refractivity contribution in [3.8, 4) is 5.75 Å². The topological polar surface area (TPSA) is 21.3 Å². The van der Waals surface area contributed by atoms with E-state index in [-0.39, 0.29) is 5.41 Å². The summed E-state index contributed by atoms with van der Waals surface area (Å²) in [6, 6.07) is 6.04. The van der Waals surface area contributed by atoms with E-state index in [1.807, 2.05) is 12.1 Å². The molecule has 1 aromatic carbocycles. The van der Waals surface area contributed by atoms with Gasteiger partial charge in [-0.25, -0.2) is 0 Å². The minimum Gasteiger partial charge on any atom is -0.496 e. The lowest BCUT2D eigenvalue weighted by Crippen LogP contribution is -2.57. The highest BCUT2D eigenvalue weighted by atomic mass is 35.5. The van der Waals surface area contributed by atoms with Crippen molar-refractivity contribution in [1.29, 1.82) is 0 Å². The molecule has 2 aliphatic carbocycles. The van der Waals surface area contributed by atoms with E-state index in [0.717, 1.165) is 23.9 Å². The normalized spacial score (nSPS) is 22.1. The van der Waals surface area contributed by atoms with Crippen LogP contribution in [0.15, 0.2) is 18.2 Å².